The number of hydrogen-bond acceptors (Lipinski definition) is 2. The third kappa shape index (κ3) is 2.10. The van der Waals surface area contributed by atoms with Gasteiger partial charge in [-0.05, 0) is 12.1 Å². The van der Waals surface area contributed by atoms with Crippen molar-refractivity contribution in [2.75, 3.05) is 0 Å². The topological polar surface area (TPSA) is 26.3 Å². The van der Waals surface area contributed by atoms with Crippen molar-refractivity contribution in [1.29, 1.82) is 0 Å². The Morgan fingerprint density at radius 3 is 2.55 bits per heavy atom. The molecule has 0 saturated carbocycles. The fourth-order valence-electron chi connectivity index (χ4n) is 0.711. The first kappa shape index (κ1) is 8.86. The fourth-order valence-corrected chi connectivity index (χ4v) is 1.28. The van der Waals surface area contributed by atoms with Crippen LogP contribution in [0.1, 0.15) is 10.4 Å². The highest BCUT2D eigenvalue weighted by molar-refractivity contribution is 14.1. The lowest BCUT2D eigenvalue weighted by Crippen LogP contribution is -1.90. The highest BCUT2D eigenvalue weighted by Crippen LogP contribution is 2.21. The third-order valence-corrected chi connectivity index (χ3v) is 1.92. The molecule has 1 rings (SSSR count). The molecule has 0 aliphatic carbocycles. The lowest BCUT2D eigenvalue weighted by molar-refractivity contribution is 0.109. The SMILES string of the molecule is O=C(S)c1ccccc1OI. The van der Waals surface area contributed by atoms with Crippen LogP contribution in [-0.4, -0.2) is 5.12 Å². The Bertz CT molecular complexity index is 275. The summed E-state index contributed by atoms with van der Waals surface area (Å²) in [4.78, 5) is 10.8. The van der Waals surface area contributed by atoms with E-state index >= 15 is 0 Å². The van der Waals surface area contributed by atoms with Gasteiger partial charge in [0.1, 0.15) is 5.75 Å². The average molecular weight is 280 g/mol. The molecule has 0 fully saturated rings. The predicted molar refractivity (Wildman–Crippen MR) is 54.4 cm³/mol. The number of para-hydroxylation sites is 1. The number of hydrogen-bond donors (Lipinski definition) is 1. The number of carbonyl (C=O) groups excluding carboxylic acids is 1. The predicted octanol–water partition coefficient (Wildman–Crippen LogP) is 2.49. The van der Waals surface area contributed by atoms with Gasteiger partial charge in [0.2, 0.25) is 5.12 Å². The molecule has 0 aliphatic rings. The molecule has 4 heteroatoms. The highest BCUT2D eigenvalue weighted by Gasteiger charge is 2.06. The molecule has 0 spiro atoms. The van der Waals surface area contributed by atoms with Crippen molar-refractivity contribution in [3.8, 4) is 5.75 Å². The first-order valence-electron chi connectivity index (χ1n) is 2.86. The molecule has 0 unspecified atom stereocenters. The van der Waals surface area contributed by atoms with Gasteiger partial charge in [0.15, 0.2) is 23.0 Å². The zero-order chi connectivity index (χ0) is 8.27. The summed E-state index contributed by atoms with van der Waals surface area (Å²) in [6.45, 7) is 0. The standard InChI is InChI=1S/C7H5IO2S/c8-10-6-4-2-1-3-5(6)7(9)11/h1-4H,(H,9,11). The highest BCUT2D eigenvalue weighted by atomic mass is 127. The van der Waals surface area contributed by atoms with Gasteiger partial charge in [-0.3, -0.25) is 4.79 Å². The summed E-state index contributed by atoms with van der Waals surface area (Å²) < 4.78 is 4.91. The van der Waals surface area contributed by atoms with Crippen LogP contribution in [-0.2, 0) is 0 Å². The molecule has 2 nitrogen and oxygen atoms in total. The molecular formula is C7H5IO2S. The molecule has 0 N–H and O–H groups in total. The van der Waals surface area contributed by atoms with Crippen molar-refractivity contribution < 1.29 is 7.86 Å². The van der Waals surface area contributed by atoms with Crippen LogP contribution in [0.25, 0.3) is 0 Å². The molecule has 1 aromatic carbocycles. The van der Waals surface area contributed by atoms with Gasteiger partial charge in [-0.15, -0.1) is 12.6 Å². The van der Waals surface area contributed by atoms with Crippen LogP contribution in [0, 0.1) is 0 Å². The minimum Gasteiger partial charge on any atom is -0.427 e. The number of halogens is 1. The molecular weight excluding hydrogens is 275 g/mol. The summed E-state index contributed by atoms with van der Waals surface area (Å²) >= 11 is 5.42. The molecule has 0 aliphatic heterocycles. The van der Waals surface area contributed by atoms with Crippen LogP contribution in [0.4, 0.5) is 0 Å². The Balaban J connectivity index is 3.12. The molecule has 0 atom stereocenters. The minimum absolute atomic E-state index is 0.280. The van der Waals surface area contributed by atoms with Gasteiger partial charge >= 0.3 is 0 Å². The molecule has 11 heavy (non-hydrogen) atoms. The molecule has 0 radical (unpaired) electrons. The Morgan fingerprint density at radius 2 is 2.09 bits per heavy atom. The largest absolute Gasteiger partial charge is 0.427 e. The molecule has 0 saturated heterocycles. The summed E-state index contributed by atoms with van der Waals surface area (Å²) in [5.74, 6) is 0.549. The lowest BCUT2D eigenvalue weighted by Gasteiger charge is -2.00. The van der Waals surface area contributed by atoms with E-state index in [1.54, 1.807) is 47.3 Å². The van der Waals surface area contributed by atoms with E-state index < -0.39 is 0 Å². The van der Waals surface area contributed by atoms with Crippen LogP contribution >= 0.6 is 35.6 Å². The zero-order valence-corrected chi connectivity index (χ0v) is 8.50. The Labute approximate surface area is 84.0 Å². The van der Waals surface area contributed by atoms with Crippen LogP contribution in [0.3, 0.4) is 0 Å². The first-order chi connectivity index (χ1) is 5.25. The van der Waals surface area contributed by atoms with Crippen molar-refractivity contribution in [2.24, 2.45) is 0 Å². The van der Waals surface area contributed by atoms with Gasteiger partial charge in [0, 0.05) is 0 Å². The van der Waals surface area contributed by atoms with Crippen LogP contribution in [0.5, 0.6) is 5.75 Å². The Morgan fingerprint density at radius 1 is 1.45 bits per heavy atom. The summed E-state index contributed by atoms with van der Waals surface area (Å²) in [6.07, 6.45) is 0. The second-order valence-electron chi connectivity index (χ2n) is 1.88. The van der Waals surface area contributed by atoms with Crippen molar-refractivity contribution >= 4 is 40.7 Å². The van der Waals surface area contributed by atoms with E-state index in [2.05, 4.69) is 12.6 Å². The maximum absolute atomic E-state index is 10.8. The van der Waals surface area contributed by atoms with Gasteiger partial charge in [-0.2, -0.15) is 0 Å². The van der Waals surface area contributed by atoms with Gasteiger partial charge in [0.25, 0.3) is 0 Å². The van der Waals surface area contributed by atoms with Crippen molar-refractivity contribution in [3.05, 3.63) is 29.8 Å². The van der Waals surface area contributed by atoms with E-state index in [9.17, 15) is 4.79 Å². The van der Waals surface area contributed by atoms with Crippen LogP contribution in [0.2, 0.25) is 0 Å². The van der Waals surface area contributed by atoms with Crippen LogP contribution in [0.15, 0.2) is 24.3 Å². The van der Waals surface area contributed by atoms with E-state index in [0.29, 0.717) is 11.3 Å². The molecule has 0 bridgehead atoms. The van der Waals surface area contributed by atoms with E-state index in [1.807, 2.05) is 0 Å². The van der Waals surface area contributed by atoms with Crippen molar-refractivity contribution in [2.45, 2.75) is 0 Å². The molecule has 0 aromatic heterocycles. The molecule has 1 aromatic rings. The lowest BCUT2D eigenvalue weighted by atomic mass is 10.2. The van der Waals surface area contributed by atoms with E-state index in [0.717, 1.165) is 0 Å². The monoisotopic (exact) mass is 280 g/mol. The summed E-state index contributed by atoms with van der Waals surface area (Å²) in [7, 11) is 0. The van der Waals surface area contributed by atoms with Crippen molar-refractivity contribution in [3.63, 3.8) is 0 Å². The Kier molecular flexibility index (Phi) is 3.19. The fraction of sp³-hybridized carbons (Fsp3) is 0. The van der Waals surface area contributed by atoms with Crippen molar-refractivity contribution in [1.82, 2.24) is 0 Å². The van der Waals surface area contributed by atoms with Gasteiger partial charge in [0.05, 0.1) is 5.56 Å². The average Bonchev–Trinajstić information content (AvgIpc) is 2.04. The van der Waals surface area contributed by atoms with E-state index in [4.69, 9.17) is 3.07 Å². The van der Waals surface area contributed by atoms with E-state index in [-0.39, 0.29) is 5.12 Å². The number of rotatable bonds is 2. The van der Waals surface area contributed by atoms with E-state index in [1.165, 1.54) is 0 Å². The summed E-state index contributed by atoms with van der Waals surface area (Å²) in [5.41, 5.74) is 0.491. The molecule has 0 heterocycles. The number of carbonyl (C=O) groups is 1. The third-order valence-electron chi connectivity index (χ3n) is 1.20. The quantitative estimate of drug-likeness (QED) is 0.665. The van der Waals surface area contributed by atoms with Gasteiger partial charge in [-0.25, -0.2) is 0 Å². The smallest absolute Gasteiger partial charge is 0.220 e. The van der Waals surface area contributed by atoms with Crippen LogP contribution < -0.4 is 3.07 Å². The molecule has 0 amide bonds. The van der Waals surface area contributed by atoms with Gasteiger partial charge < -0.3 is 3.07 Å². The normalized spacial score (nSPS) is 9.27. The summed E-state index contributed by atoms with van der Waals surface area (Å²) in [5, 5.41) is -0.280. The van der Waals surface area contributed by atoms with Gasteiger partial charge in [-0.1, -0.05) is 12.1 Å². The maximum Gasteiger partial charge on any atom is 0.220 e. The summed E-state index contributed by atoms with van der Waals surface area (Å²) in [6, 6.07) is 6.95. The second-order valence-corrected chi connectivity index (χ2v) is 2.73. The molecule has 58 valence electrons. The maximum atomic E-state index is 10.8. The first-order valence-corrected chi connectivity index (χ1v) is 4.19. The minimum atomic E-state index is -0.280. The zero-order valence-electron chi connectivity index (χ0n) is 5.45. The second kappa shape index (κ2) is 3.96. The number of benzene rings is 1. The number of thiol groups is 1. The Hall–Kier alpha value is -0.230.